The van der Waals surface area contributed by atoms with Gasteiger partial charge in [0.05, 0.1) is 0 Å². The van der Waals surface area contributed by atoms with Crippen molar-refractivity contribution in [3.05, 3.63) is 29.3 Å². The summed E-state index contributed by atoms with van der Waals surface area (Å²) in [7, 11) is 0. The summed E-state index contributed by atoms with van der Waals surface area (Å²) in [5, 5.41) is 0. The van der Waals surface area contributed by atoms with Crippen LogP contribution in [0.15, 0.2) is 12.1 Å². The van der Waals surface area contributed by atoms with Crippen molar-refractivity contribution in [1.29, 1.82) is 0 Å². The molecule has 1 rings (SSSR count). The van der Waals surface area contributed by atoms with Gasteiger partial charge in [0.25, 0.3) is 0 Å². The Morgan fingerprint density at radius 1 is 1.55 bits per heavy atom. The highest BCUT2D eigenvalue weighted by molar-refractivity contribution is 5.16. The molecule has 11 heavy (non-hydrogen) atoms. The lowest BCUT2D eigenvalue weighted by Crippen LogP contribution is -2.03. The zero-order valence-electron chi connectivity index (χ0n) is 6.47. The Labute approximate surface area is 65.3 Å². The molecule has 0 radical (unpaired) electrons. The Bertz CT molecular complexity index is 228. The van der Waals surface area contributed by atoms with Gasteiger partial charge in [-0.15, -0.1) is 0 Å². The van der Waals surface area contributed by atoms with Crippen molar-refractivity contribution in [3.8, 4) is 0 Å². The maximum atomic E-state index is 12.6. The predicted molar refractivity (Wildman–Crippen MR) is 41.7 cm³/mol. The number of nitrogens with zero attached hydrogens (tertiary/aromatic N) is 1. The van der Waals surface area contributed by atoms with E-state index >= 15 is 0 Å². The number of hydrogen-bond acceptors (Lipinski definition) is 2. The van der Waals surface area contributed by atoms with Gasteiger partial charge in [0.15, 0.2) is 0 Å². The Morgan fingerprint density at radius 2 is 2.27 bits per heavy atom. The number of aryl methyl sites for hydroxylation is 1. The van der Waals surface area contributed by atoms with Crippen LogP contribution in [0.5, 0.6) is 0 Å². The highest BCUT2D eigenvalue weighted by Crippen LogP contribution is 2.04. The third kappa shape index (κ3) is 2.27. The van der Waals surface area contributed by atoms with Crippen LogP contribution >= 0.6 is 0 Å². The van der Waals surface area contributed by atoms with Crippen molar-refractivity contribution < 1.29 is 4.39 Å². The molecule has 0 saturated carbocycles. The molecule has 3 heteroatoms. The number of hydrogen-bond donors (Lipinski definition) is 1. The number of halogens is 1. The summed E-state index contributed by atoms with van der Waals surface area (Å²) in [6, 6.07) is 3.26. The second kappa shape index (κ2) is 3.44. The van der Waals surface area contributed by atoms with Crippen LogP contribution in [0.25, 0.3) is 0 Å². The molecule has 0 spiro atoms. The molecule has 0 atom stereocenters. The van der Waals surface area contributed by atoms with E-state index in [4.69, 9.17) is 5.73 Å². The van der Waals surface area contributed by atoms with Crippen molar-refractivity contribution in [2.24, 2.45) is 5.73 Å². The maximum absolute atomic E-state index is 12.6. The summed E-state index contributed by atoms with van der Waals surface area (Å²) in [4.78, 5) is 3.61. The van der Waals surface area contributed by atoms with Gasteiger partial charge < -0.3 is 5.73 Å². The molecule has 0 unspecified atom stereocenters. The van der Waals surface area contributed by atoms with Gasteiger partial charge in [0, 0.05) is 5.69 Å². The molecular weight excluding hydrogens is 143 g/mol. The SMILES string of the molecule is Cc1cc(CCN)cc(F)n1. The van der Waals surface area contributed by atoms with Crippen LogP contribution < -0.4 is 5.73 Å². The number of aromatic nitrogens is 1. The van der Waals surface area contributed by atoms with Crippen LogP contribution in [0.4, 0.5) is 4.39 Å². The highest BCUT2D eigenvalue weighted by Gasteiger charge is 1.97. The van der Waals surface area contributed by atoms with Crippen LogP contribution in [-0.2, 0) is 6.42 Å². The van der Waals surface area contributed by atoms with Gasteiger partial charge in [0.1, 0.15) is 0 Å². The van der Waals surface area contributed by atoms with E-state index in [-0.39, 0.29) is 0 Å². The molecule has 1 aromatic rings. The quantitative estimate of drug-likeness (QED) is 0.646. The monoisotopic (exact) mass is 154 g/mol. The zero-order valence-corrected chi connectivity index (χ0v) is 6.47. The lowest BCUT2D eigenvalue weighted by molar-refractivity contribution is 0.577. The van der Waals surface area contributed by atoms with Crippen molar-refractivity contribution in [3.63, 3.8) is 0 Å². The standard InChI is InChI=1S/C8H11FN2/c1-6-4-7(2-3-10)5-8(9)11-6/h4-5H,2-3,10H2,1H3. The average Bonchev–Trinajstić information content (AvgIpc) is 1.85. The zero-order chi connectivity index (χ0) is 8.27. The molecule has 0 aliphatic rings. The van der Waals surface area contributed by atoms with Gasteiger partial charge in [-0.1, -0.05) is 0 Å². The number of nitrogens with two attached hydrogens (primary N) is 1. The average molecular weight is 154 g/mol. The first-order valence-corrected chi connectivity index (χ1v) is 3.55. The van der Waals surface area contributed by atoms with Crippen LogP contribution in [0.3, 0.4) is 0 Å². The first-order chi connectivity index (χ1) is 5.22. The minimum atomic E-state index is -0.423. The summed E-state index contributed by atoms with van der Waals surface area (Å²) < 4.78 is 12.6. The maximum Gasteiger partial charge on any atom is 0.213 e. The fourth-order valence-corrected chi connectivity index (χ4v) is 1.01. The third-order valence-electron chi connectivity index (χ3n) is 1.41. The van der Waals surface area contributed by atoms with Crippen molar-refractivity contribution in [1.82, 2.24) is 4.98 Å². The smallest absolute Gasteiger partial charge is 0.213 e. The second-order valence-electron chi connectivity index (χ2n) is 2.48. The van der Waals surface area contributed by atoms with E-state index in [1.165, 1.54) is 6.07 Å². The normalized spacial score (nSPS) is 10.1. The Morgan fingerprint density at radius 3 is 2.82 bits per heavy atom. The summed E-state index contributed by atoms with van der Waals surface area (Å²) in [6.07, 6.45) is 0.709. The molecule has 0 fully saturated rings. The molecule has 2 N–H and O–H groups in total. The molecule has 0 saturated heterocycles. The molecule has 0 aliphatic carbocycles. The Kier molecular flexibility index (Phi) is 2.54. The van der Waals surface area contributed by atoms with E-state index in [2.05, 4.69) is 4.98 Å². The third-order valence-corrected chi connectivity index (χ3v) is 1.41. The van der Waals surface area contributed by atoms with Crippen molar-refractivity contribution >= 4 is 0 Å². The molecule has 1 heterocycles. The summed E-state index contributed by atoms with van der Waals surface area (Å²) in [5.41, 5.74) is 6.93. The minimum absolute atomic E-state index is 0.423. The van der Waals surface area contributed by atoms with Gasteiger partial charge in [-0.2, -0.15) is 4.39 Å². The van der Waals surface area contributed by atoms with Crippen LogP contribution in [0.1, 0.15) is 11.3 Å². The van der Waals surface area contributed by atoms with E-state index in [0.717, 1.165) is 5.56 Å². The lowest BCUT2D eigenvalue weighted by atomic mass is 10.2. The van der Waals surface area contributed by atoms with Gasteiger partial charge in [-0.05, 0) is 37.6 Å². The molecule has 0 bridgehead atoms. The van der Waals surface area contributed by atoms with Crippen LogP contribution in [-0.4, -0.2) is 11.5 Å². The fourth-order valence-electron chi connectivity index (χ4n) is 1.01. The molecule has 1 aromatic heterocycles. The van der Waals surface area contributed by atoms with E-state index in [1.807, 2.05) is 6.07 Å². The summed E-state index contributed by atoms with van der Waals surface area (Å²) >= 11 is 0. The Hall–Kier alpha value is -0.960. The Balaban J connectivity index is 2.89. The van der Waals surface area contributed by atoms with E-state index in [1.54, 1.807) is 6.92 Å². The van der Waals surface area contributed by atoms with Crippen LogP contribution in [0, 0.1) is 12.9 Å². The van der Waals surface area contributed by atoms with Gasteiger partial charge in [-0.3, -0.25) is 0 Å². The minimum Gasteiger partial charge on any atom is -0.330 e. The van der Waals surface area contributed by atoms with Crippen LogP contribution in [0.2, 0.25) is 0 Å². The largest absolute Gasteiger partial charge is 0.330 e. The van der Waals surface area contributed by atoms with Crippen molar-refractivity contribution in [2.75, 3.05) is 6.54 Å². The molecule has 0 aliphatic heterocycles. The second-order valence-corrected chi connectivity index (χ2v) is 2.48. The first-order valence-electron chi connectivity index (χ1n) is 3.55. The molecule has 0 amide bonds. The first kappa shape index (κ1) is 8.14. The van der Waals surface area contributed by atoms with E-state index in [9.17, 15) is 4.39 Å². The summed E-state index contributed by atoms with van der Waals surface area (Å²) in [5.74, 6) is -0.423. The van der Waals surface area contributed by atoms with E-state index in [0.29, 0.717) is 18.7 Å². The lowest BCUT2D eigenvalue weighted by Gasteiger charge is -1.99. The predicted octanol–water partition coefficient (Wildman–Crippen LogP) is 1.03. The molecule has 60 valence electrons. The molecule has 0 aromatic carbocycles. The van der Waals surface area contributed by atoms with Gasteiger partial charge >= 0.3 is 0 Å². The fraction of sp³-hybridized carbons (Fsp3) is 0.375. The summed E-state index contributed by atoms with van der Waals surface area (Å²) in [6.45, 7) is 2.31. The number of pyridine rings is 1. The van der Waals surface area contributed by atoms with Crippen molar-refractivity contribution in [2.45, 2.75) is 13.3 Å². The van der Waals surface area contributed by atoms with Gasteiger partial charge in [-0.25, -0.2) is 4.98 Å². The number of rotatable bonds is 2. The molecule has 2 nitrogen and oxygen atoms in total. The van der Waals surface area contributed by atoms with Gasteiger partial charge in [0.2, 0.25) is 5.95 Å². The topological polar surface area (TPSA) is 38.9 Å². The molecular formula is C8H11FN2. The van der Waals surface area contributed by atoms with E-state index < -0.39 is 5.95 Å². The highest BCUT2D eigenvalue weighted by atomic mass is 19.1.